The van der Waals surface area contributed by atoms with Crippen LogP contribution >= 0.6 is 0 Å². The molecule has 4 nitrogen and oxygen atoms in total. The molecular weight excluding hydrogens is 321 g/mol. The molecule has 2 aromatic carbocycles. The highest BCUT2D eigenvalue weighted by molar-refractivity contribution is 5.33. The van der Waals surface area contributed by atoms with Gasteiger partial charge in [0.1, 0.15) is 13.1 Å². The molecule has 0 amide bonds. The minimum absolute atomic E-state index is 0.109. The van der Waals surface area contributed by atoms with Gasteiger partial charge in [-0.2, -0.15) is 0 Å². The fourth-order valence-corrected chi connectivity index (χ4v) is 3.39. The van der Waals surface area contributed by atoms with Gasteiger partial charge in [-0.05, 0) is 23.3 Å². The average molecular weight is 346 g/mol. The van der Waals surface area contributed by atoms with Gasteiger partial charge in [-0.25, -0.2) is 4.39 Å². The van der Waals surface area contributed by atoms with Crippen LogP contribution in [0.15, 0.2) is 48.5 Å². The molecule has 1 heterocycles. The number of methoxy groups -OCH3 is 1. The van der Waals surface area contributed by atoms with Crippen LogP contribution in [-0.4, -0.2) is 45.1 Å². The topological polar surface area (TPSA) is 43.1 Å². The third-order valence-corrected chi connectivity index (χ3v) is 4.83. The summed E-state index contributed by atoms with van der Waals surface area (Å²) in [5.41, 5.74) is 1.63. The molecule has 2 N–H and O–H groups in total. The lowest BCUT2D eigenvalue weighted by Gasteiger charge is -2.30. The maximum atomic E-state index is 14.1. The van der Waals surface area contributed by atoms with Crippen LogP contribution in [0, 0.1) is 5.82 Å². The lowest BCUT2D eigenvalue weighted by molar-refractivity contribution is -0.909. The molecule has 0 radical (unpaired) electrons. The van der Waals surface area contributed by atoms with Crippen LogP contribution in [0.5, 0.6) is 5.75 Å². The Kier molecular flexibility index (Phi) is 6.02. The second-order valence-corrected chi connectivity index (χ2v) is 6.42. The van der Waals surface area contributed by atoms with Crippen molar-refractivity contribution in [3.8, 4) is 5.75 Å². The van der Waals surface area contributed by atoms with Crippen molar-refractivity contribution in [1.82, 2.24) is 0 Å². The summed E-state index contributed by atoms with van der Waals surface area (Å²) in [6.07, 6.45) is -0.779. The second kappa shape index (κ2) is 8.43. The van der Waals surface area contributed by atoms with Crippen molar-refractivity contribution in [3.05, 3.63) is 65.5 Å². The van der Waals surface area contributed by atoms with E-state index in [4.69, 9.17) is 9.47 Å². The Morgan fingerprint density at radius 3 is 2.48 bits per heavy atom. The fourth-order valence-electron chi connectivity index (χ4n) is 3.39. The normalized spacial score (nSPS) is 17.9. The highest BCUT2D eigenvalue weighted by Crippen LogP contribution is 2.32. The van der Waals surface area contributed by atoms with Crippen LogP contribution in [0.3, 0.4) is 0 Å². The van der Waals surface area contributed by atoms with Crippen LogP contribution in [0.4, 0.5) is 4.39 Å². The van der Waals surface area contributed by atoms with Crippen molar-refractivity contribution in [2.45, 2.75) is 12.0 Å². The number of benzene rings is 2. The van der Waals surface area contributed by atoms with E-state index in [1.54, 1.807) is 12.1 Å². The number of halogens is 1. The van der Waals surface area contributed by atoms with E-state index < -0.39 is 11.9 Å². The summed E-state index contributed by atoms with van der Waals surface area (Å²) in [7, 11) is 1.43. The monoisotopic (exact) mass is 346 g/mol. The Bertz CT molecular complexity index is 674. The third kappa shape index (κ3) is 4.37. The van der Waals surface area contributed by atoms with Crippen molar-refractivity contribution < 1.29 is 23.9 Å². The van der Waals surface area contributed by atoms with E-state index in [9.17, 15) is 9.50 Å². The van der Waals surface area contributed by atoms with Gasteiger partial charge < -0.3 is 19.5 Å². The Morgan fingerprint density at radius 2 is 1.84 bits per heavy atom. The van der Waals surface area contributed by atoms with Gasteiger partial charge in [0.05, 0.1) is 38.9 Å². The number of aliphatic hydroxyl groups is 1. The summed E-state index contributed by atoms with van der Waals surface area (Å²) in [6, 6.07) is 14.6. The summed E-state index contributed by atoms with van der Waals surface area (Å²) in [5, 5.41) is 11.0. The van der Waals surface area contributed by atoms with Gasteiger partial charge in [0.15, 0.2) is 11.6 Å². The molecule has 0 bridgehead atoms. The van der Waals surface area contributed by atoms with Crippen molar-refractivity contribution in [2.24, 2.45) is 0 Å². The van der Waals surface area contributed by atoms with Crippen molar-refractivity contribution in [3.63, 3.8) is 0 Å². The van der Waals surface area contributed by atoms with E-state index >= 15 is 0 Å². The number of rotatable bonds is 6. The zero-order valence-electron chi connectivity index (χ0n) is 14.5. The summed E-state index contributed by atoms with van der Waals surface area (Å²) >= 11 is 0. The number of morpholine rings is 1. The molecular formula is C20H25FNO3+. The number of aliphatic hydroxyl groups excluding tert-OH is 1. The van der Waals surface area contributed by atoms with Gasteiger partial charge in [0.2, 0.25) is 0 Å². The fraction of sp³-hybridized carbons (Fsp3) is 0.400. The molecule has 2 aromatic rings. The van der Waals surface area contributed by atoms with E-state index in [0.29, 0.717) is 5.56 Å². The molecule has 1 aliphatic rings. The predicted octanol–water partition coefficient (Wildman–Crippen LogP) is 1.57. The molecule has 0 spiro atoms. The average Bonchev–Trinajstić information content (AvgIpc) is 2.67. The van der Waals surface area contributed by atoms with Gasteiger partial charge in [-0.3, -0.25) is 0 Å². The largest absolute Gasteiger partial charge is 0.494 e. The molecule has 1 aliphatic heterocycles. The summed E-state index contributed by atoms with van der Waals surface area (Å²) in [5.74, 6) is -0.377. The number of hydrogen-bond donors (Lipinski definition) is 2. The Balaban J connectivity index is 1.86. The van der Waals surface area contributed by atoms with Crippen LogP contribution in [-0.2, 0) is 4.74 Å². The van der Waals surface area contributed by atoms with E-state index in [1.165, 1.54) is 18.1 Å². The lowest BCUT2D eigenvalue weighted by atomic mass is 9.88. The van der Waals surface area contributed by atoms with Gasteiger partial charge in [0.25, 0.3) is 0 Å². The molecule has 134 valence electrons. The Morgan fingerprint density at radius 1 is 1.12 bits per heavy atom. The van der Waals surface area contributed by atoms with Gasteiger partial charge in [0, 0.05) is 0 Å². The standard InChI is InChI=1S/C20H24FNO3/c1-24-19-8-7-16(13-18(19)21)20(23)17(15-5-3-2-4-6-15)14-22-9-11-25-12-10-22/h2-8,13,17,20,23H,9-12,14H2,1H3/p+1/t17-,20-/m0/s1. The first-order chi connectivity index (χ1) is 12.2. The Labute approximate surface area is 147 Å². The van der Waals surface area contributed by atoms with E-state index in [0.717, 1.165) is 38.4 Å². The molecule has 1 saturated heterocycles. The zero-order chi connectivity index (χ0) is 17.6. The van der Waals surface area contributed by atoms with Crippen LogP contribution in [0.2, 0.25) is 0 Å². The summed E-state index contributed by atoms with van der Waals surface area (Å²) < 4.78 is 24.5. The predicted molar refractivity (Wildman–Crippen MR) is 93.5 cm³/mol. The smallest absolute Gasteiger partial charge is 0.165 e. The van der Waals surface area contributed by atoms with Crippen LogP contribution < -0.4 is 9.64 Å². The number of ether oxygens (including phenoxy) is 2. The number of quaternary nitrogens is 1. The Hall–Kier alpha value is -1.95. The molecule has 25 heavy (non-hydrogen) atoms. The lowest BCUT2D eigenvalue weighted by Crippen LogP contribution is -3.14. The molecule has 0 aliphatic carbocycles. The third-order valence-electron chi connectivity index (χ3n) is 4.83. The molecule has 1 fully saturated rings. The van der Waals surface area contributed by atoms with Crippen molar-refractivity contribution >= 4 is 0 Å². The van der Waals surface area contributed by atoms with Gasteiger partial charge in [-0.1, -0.05) is 36.4 Å². The molecule has 3 rings (SSSR count). The quantitative estimate of drug-likeness (QED) is 0.834. The van der Waals surface area contributed by atoms with Crippen molar-refractivity contribution in [1.29, 1.82) is 0 Å². The molecule has 0 unspecified atom stereocenters. The minimum atomic E-state index is -0.779. The number of hydrogen-bond acceptors (Lipinski definition) is 3. The van der Waals surface area contributed by atoms with Crippen LogP contribution in [0.25, 0.3) is 0 Å². The van der Waals surface area contributed by atoms with E-state index in [-0.39, 0.29) is 11.7 Å². The maximum absolute atomic E-state index is 14.1. The SMILES string of the molecule is COc1ccc([C@H](O)[C@@H](C[NH+]2CCOCC2)c2ccccc2)cc1F. The van der Waals surface area contributed by atoms with Gasteiger partial charge in [-0.15, -0.1) is 0 Å². The zero-order valence-corrected chi connectivity index (χ0v) is 14.5. The second-order valence-electron chi connectivity index (χ2n) is 6.42. The summed E-state index contributed by atoms with van der Waals surface area (Å²) in [6.45, 7) is 4.11. The maximum Gasteiger partial charge on any atom is 0.165 e. The summed E-state index contributed by atoms with van der Waals surface area (Å²) in [4.78, 5) is 1.40. The van der Waals surface area contributed by atoms with Gasteiger partial charge >= 0.3 is 0 Å². The first-order valence-corrected chi connectivity index (χ1v) is 8.67. The molecule has 0 saturated carbocycles. The number of nitrogens with one attached hydrogen (secondary N) is 1. The highest BCUT2D eigenvalue weighted by atomic mass is 19.1. The van der Waals surface area contributed by atoms with Crippen molar-refractivity contribution in [2.75, 3.05) is 40.0 Å². The van der Waals surface area contributed by atoms with E-state index in [1.807, 2.05) is 30.3 Å². The highest BCUT2D eigenvalue weighted by Gasteiger charge is 2.29. The first-order valence-electron chi connectivity index (χ1n) is 8.67. The van der Waals surface area contributed by atoms with E-state index in [2.05, 4.69) is 0 Å². The molecule has 5 heteroatoms. The van der Waals surface area contributed by atoms with Crippen LogP contribution in [0.1, 0.15) is 23.1 Å². The minimum Gasteiger partial charge on any atom is -0.494 e. The first kappa shape index (κ1) is 17.9. The molecule has 2 atom stereocenters. The molecule has 0 aromatic heterocycles.